The van der Waals surface area contributed by atoms with Crippen molar-refractivity contribution in [2.45, 2.75) is 70.7 Å². The van der Waals surface area contributed by atoms with E-state index in [1.165, 1.54) is 6.92 Å². The minimum absolute atomic E-state index is 0.564. The molecule has 0 radical (unpaired) electrons. The molecule has 10 heteroatoms. The zero-order valence-electron chi connectivity index (χ0n) is 17.9. The van der Waals surface area contributed by atoms with Gasteiger partial charge in [-0.3, -0.25) is 19.2 Å². The second-order valence-corrected chi connectivity index (χ2v) is 7.64. The van der Waals surface area contributed by atoms with Gasteiger partial charge in [-0.25, -0.2) is 0 Å². The van der Waals surface area contributed by atoms with E-state index in [1.54, 1.807) is 6.07 Å². The highest BCUT2D eigenvalue weighted by Crippen LogP contribution is 2.38. The Morgan fingerprint density at radius 2 is 1.35 bits per heavy atom. The van der Waals surface area contributed by atoms with Crippen LogP contribution in [0.25, 0.3) is 0 Å². The van der Waals surface area contributed by atoms with Crippen molar-refractivity contribution < 1.29 is 42.9 Å². The van der Waals surface area contributed by atoms with E-state index in [4.69, 9.17) is 23.7 Å². The summed E-state index contributed by atoms with van der Waals surface area (Å²) >= 11 is 3.43. The molecule has 0 spiro atoms. The van der Waals surface area contributed by atoms with Gasteiger partial charge in [0.1, 0.15) is 6.10 Å². The third-order valence-electron chi connectivity index (χ3n) is 4.53. The number of benzene rings is 1. The highest BCUT2D eigenvalue weighted by atomic mass is 79.9. The number of aryl methyl sites for hydroxylation is 1. The highest BCUT2D eigenvalue weighted by Gasteiger charge is 2.53. The Labute approximate surface area is 188 Å². The summed E-state index contributed by atoms with van der Waals surface area (Å²) in [5, 5.41) is 0.564. The first kappa shape index (κ1) is 24.8. The maximum atomic E-state index is 11.9. The van der Waals surface area contributed by atoms with Gasteiger partial charge in [0.2, 0.25) is 12.4 Å². The van der Waals surface area contributed by atoms with Gasteiger partial charge in [-0.1, -0.05) is 34.1 Å². The van der Waals surface area contributed by atoms with E-state index in [1.807, 2.05) is 19.1 Å². The number of alkyl halides is 1. The van der Waals surface area contributed by atoms with Gasteiger partial charge in [0.05, 0.1) is 0 Å². The minimum Gasteiger partial charge on any atom is -0.455 e. The Morgan fingerprint density at radius 1 is 0.839 bits per heavy atom. The van der Waals surface area contributed by atoms with Gasteiger partial charge in [0, 0.05) is 33.0 Å². The van der Waals surface area contributed by atoms with Crippen LogP contribution in [0.4, 0.5) is 0 Å². The van der Waals surface area contributed by atoms with E-state index in [0.717, 1.165) is 31.9 Å². The molecule has 1 aromatic carbocycles. The van der Waals surface area contributed by atoms with Crippen LogP contribution in [0, 0.1) is 6.92 Å². The van der Waals surface area contributed by atoms with Crippen molar-refractivity contribution in [1.29, 1.82) is 0 Å². The number of ether oxygens (including phenoxy) is 5. The lowest BCUT2D eigenvalue weighted by atomic mass is 9.91. The SMILES string of the molecule is CC(=O)OC1O[C@@H](c2ccc(C)c(CBr)c2)[C@H](OC(C)=O)[C@@H](OC(C)=O)[C@@H]1OC(C)=O. The standard InChI is InChI=1S/C21H25BrO9/c1-10-6-7-15(8-16(10)9-22)17-18(27-11(2)23)19(28-12(3)24)20(29-13(4)25)21(31-17)30-14(5)26/h6-8,17-21H,9H2,1-5H3/t17-,18-,19+,20-,21?/m0/s1. The average Bonchev–Trinajstić information content (AvgIpc) is 2.65. The van der Waals surface area contributed by atoms with Gasteiger partial charge < -0.3 is 23.7 Å². The lowest BCUT2D eigenvalue weighted by Gasteiger charge is -2.44. The predicted molar refractivity (Wildman–Crippen MR) is 110 cm³/mol. The Kier molecular flexibility index (Phi) is 8.58. The van der Waals surface area contributed by atoms with Crippen LogP contribution in [0.3, 0.4) is 0 Å². The van der Waals surface area contributed by atoms with Crippen LogP contribution in [0.2, 0.25) is 0 Å². The topological polar surface area (TPSA) is 114 Å². The zero-order valence-corrected chi connectivity index (χ0v) is 19.5. The summed E-state index contributed by atoms with van der Waals surface area (Å²) in [5.41, 5.74) is 2.58. The van der Waals surface area contributed by atoms with Gasteiger partial charge >= 0.3 is 23.9 Å². The van der Waals surface area contributed by atoms with Crippen molar-refractivity contribution in [1.82, 2.24) is 0 Å². The van der Waals surface area contributed by atoms with Crippen LogP contribution in [-0.4, -0.2) is 48.5 Å². The summed E-state index contributed by atoms with van der Waals surface area (Å²) in [6.45, 7) is 6.60. The van der Waals surface area contributed by atoms with Crippen molar-refractivity contribution in [3.05, 3.63) is 34.9 Å². The summed E-state index contributed by atoms with van der Waals surface area (Å²) in [5.74, 6) is -2.78. The van der Waals surface area contributed by atoms with Gasteiger partial charge in [0.25, 0.3) is 0 Å². The van der Waals surface area contributed by atoms with Crippen LogP contribution < -0.4 is 0 Å². The van der Waals surface area contributed by atoms with Crippen LogP contribution in [0.1, 0.15) is 50.5 Å². The van der Waals surface area contributed by atoms with Crippen LogP contribution in [-0.2, 0) is 48.2 Å². The van der Waals surface area contributed by atoms with E-state index in [0.29, 0.717) is 10.9 Å². The molecule has 0 amide bonds. The van der Waals surface area contributed by atoms with Crippen molar-refractivity contribution >= 4 is 39.8 Å². The molecule has 1 unspecified atom stereocenters. The molecular weight excluding hydrogens is 476 g/mol. The van der Waals surface area contributed by atoms with Crippen LogP contribution >= 0.6 is 15.9 Å². The average molecular weight is 501 g/mol. The van der Waals surface area contributed by atoms with E-state index in [-0.39, 0.29) is 0 Å². The maximum absolute atomic E-state index is 11.9. The molecular formula is C21H25BrO9. The number of carbonyl (C=O) groups is 4. The van der Waals surface area contributed by atoms with Crippen molar-refractivity contribution in [3.8, 4) is 0 Å². The monoisotopic (exact) mass is 500 g/mol. The number of esters is 4. The molecule has 0 bridgehead atoms. The molecule has 1 heterocycles. The predicted octanol–water partition coefficient (Wildman–Crippen LogP) is 2.65. The Hall–Kier alpha value is -2.46. The molecule has 0 aliphatic carbocycles. The molecule has 0 aromatic heterocycles. The smallest absolute Gasteiger partial charge is 0.305 e. The molecule has 2 rings (SSSR count). The molecule has 1 saturated heterocycles. The molecule has 0 saturated carbocycles. The lowest BCUT2D eigenvalue weighted by molar-refractivity contribution is -0.298. The molecule has 31 heavy (non-hydrogen) atoms. The van der Waals surface area contributed by atoms with E-state index < -0.39 is 54.6 Å². The van der Waals surface area contributed by atoms with Gasteiger partial charge in [-0.15, -0.1) is 0 Å². The number of hydrogen-bond acceptors (Lipinski definition) is 9. The molecule has 1 aliphatic rings. The molecule has 1 aromatic rings. The number of rotatable bonds is 6. The van der Waals surface area contributed by atoms with Gasteiger partial charge in [-0.05, 0) is 23.6 Å². The first-order valence-corrected chi connectivity index (χ1v) is 10.6. The largest absolute Gasteiger partial charge is 0.455 e. The quantitative estimate of drug-likeness (QED) is 0.330. The lowest BCUT2D eigenvalue weighted by Crippen LogP contribution is -2.59. The summed E-state index contributed by atoms with van der Waals surface area (Å²) in [6.07, 6.45) is -6.14. The van der Waals surface area contributed by atoms with Gasteiger partial charge in [0.15, 0.2) is 12.2 Å². The van der Waals surface area contributed by atoms with E-state index in [9.17, 15) is 19.2 Å². The fourth-order valence-electron chi connectivity index (χ4n) is 3.31. The fraction of sp³-hybridized carbons (Fsp3) is 0.524. The van der Waals surface area contributed by atoms with Crippen molar-refractivity contribution in [2.75, 3.05) is 0 Å². The fourth-order valence-corrected chi connectivity index (χ4v) is 3.92. The van der Waals surface area contributed by atoms with Crippen LogP contribution in [0.15, 0.2) is 18.2 Å². The molecule has 0 N–H and O–H groups in total. The number of hydrogen-bond donors (Lipinski definition) is 0. The molecule has 9 nitrogen and oxygen atoms in total. The Balaban J connectivity index is 2.60. The molecule has 1 aliphatic heterocycles. The summed E-state index contributed by atoms with van der Waals surface area (Å²) < 4.78 is 27.3. The zero-order chi connectivity index (χ0) is 23.3. The Morgan fingerprint density at radius 3 is 1.87 bits per heavy atom. The normalized spacial score (nSPS) is 25.3. The third kappa shape index (κ3) is 6.51. The van der Waals surface area contributed by atoms with E-state index >= 15 is 0 Å². The minimum atomic E-state index is -1.39. The molecule has 5 atom stereocenters. The number of halogens is 1. The van der Waals surface area contributed by atoms with Crippen molar-refractivity contribution in [3.63, 3.8) is 0 Å². The molecule has 170 valence electrons. The molecule has 1 fully saturated rings. The summed E-state index contributed by atoms with van der Waals surface area (Å²) in [7, 11) is 0. The van der Waals surface area contributed by atoms with Crippen LogP contribution in [0.5, 0.6) is 0 Å². The second kappa shape index (κ2) is 10.7. The van der Waals surface area contributed by atoms with E-state index in [2.05, 4.69) is 15.9 Å². The maximum Gasteiger partial charge on any atom is 0.305 e. The third-order valence-corrected chi connectivity index (χ3v) is 5.13. The highest BCUT2D eigenvalue weighted by molar-refractivity contribution is 9.08. The first-order chi connectivity index (χ1) is 14.5. The summed E-state index contributed by atoms with van der Waals surface area (Å²) in [4.78, 5) is 47.1. The van der Waals surface area contributed by atoms with Crippen molar-refractivity contribution in [2.24, 2.45) is 0 Å². The number of carbonyl (C=O) groups excluding carboxylic acids is 4. The second-order valence-electron chi connectivity index (χ2n) is 7.08. The Bertz CT molecular complexity index is 853. The summed E-state index contributed by atoms with van der Waals surface area (Å²) in [6, 6.07) is 5.47. The van der Waals surface area contributed by atoms with Gasteiger partial charge in [-0.2, -0.15) is 0 Å². The first-order valence-electron chi connectivity index (χ1n) is 9.53.